The van der Waals surface area contributed by atoms with Gasteiger partial charge in [0, 0.05) is 17.5 Å². The predicted molar refractivity (Wildman–Crippen MR) is 90.8 cm³/mol. The molecule has 3 nitrogen and oxygen atoms in total. The highest BCUT2D eigenvalue weighted by molar-refractivity contribution is 7.99. The number of hydrogen-bond donors (Lipinski definition) is 2. The van der Waals surface area contributed by atoms with Gasteiger partial charge in [-0.05, 0) is 41.5 Å². The number of benzene rings is 2. The number of nitrogen functional groups attached to an aromatic ring is 1. The van der Waals surface area contributed by atoms with Crippen LogP contribution in [0.5, 0.6) is 0 Å². The van der Waals surface area contributed by atoms with Crippen LogP contribution < -0.4 is 11.1 Å². The Balaban J connectivity index is 1.73. The van der Waals surface area contributed by atoms with Crippen molar-refractivity contribution in [1.82, 2.24) is 5.32 Å². The van der Waals surface area contributed by atoms with E-state index in [1.165, 1.54) is 25.0 Å². The number of nitrogens with two attached hydrogens (primary N) is 1. The van der Waals surface area contributed by atoms with Crippen molar-refractivity contribution in [2.75, 3.05) is 18.0 Å². The molecule has 110 valence electrons. The van der Waals surface area contributed by atoms with Crippen LogP contribution >= 0.6 is 11.8 Å². The van der Waals surface area contributed by atoms with Gasteiger partial charge >= 0.3 is 0 Å². The molecule has 1 saturated heterocycles. The number of thioether (sulfide) groups is 1. The number of anilines is 1. The minimum atomic E-state index is -0.0653. The van der Waals surface area contributed by atoms with E-state index in [9.17, 15) is 4.79 Å². The summed E-state index contributed by atoms with van der Waals surface area (Å²) in [6, 6.07) is 11.7. The predicted octanol–water partition coefficient (Wildman–Crippen LogP) is 3.44. The van der Waals surface area contributed by atoms with Crippen LogP contribution in [-0.2, 0) is 0 Å². The summed E-state index contributed by atoms with van der Waals surface area (Å²) in [6.07, 6.45) is 3.76. The number of nitrogens with one attached hydrogen (secondary N) is 1. The Morgan fingerprint density at radius 1 is 1.24 bits per heavy atom. The third-order valence-corrected chi connectivity index (χ3v) is 5.32. The van der Waals surface area contributed by atoms with Gasteiger partial charge in [0.1, 0.15) is 0 Å². The lowest BCUT2D eigenvalue weighted by molar-refractivity contribution is 0.0954. The molecule has 3 N–H and O–H groups in total. The SMILES string of the molecule is Nc1cc2ccccc2cc1C(=O)NCC1CCCCS1. The molecule has 3 rings (SSSR count). The summed E-state index contributed by atoms with van der Waals surface area (Å²) in [5.74, 6) is 1.14. The van der Waals surface area contributed by atoms with Crippen molar-refractivity contribution in [3.05, 3.63) is 42.0 Å². The Morgan fingerprint density at radius 3 is 2.71 bits per heavy atom. The highest BCUT2D eigenvalue weighted by Gasteiger charge is 2.16. The summed E-state index contributed by atoms with van der Waals surface area (Å²) in [5.41, 5.74) is 7.15. The van der Waals surface area contributed by atoms with Crippen LogP contribution in [0.25, 0.3) is 10.8 Å². The van der Waals surface area contributed by atoms with Gasteiger partial charge in [-0.1, -0.05) is 30.7 Å². The zero-order valence-electron chi connectivity index (χ0n) is 12.0. The fraction of sp³-hybridized carbons (Fsp3) is 0.353. The topological polar surface area (TPSA) is 55.1 Å². The number of fused-ring (bicyclic) bond motifs is 1. The number of rotatable bonds is 3. The van der Waals surface area contributed by atoms with Crippen molar-refractivity contribution < 1.29 is 4.79 Å². The smallest absolute Gasteiger partial charge is 0.253 e. The van der Waals surface area contributed by atoms with Crippen molar-refractivity contribution in [1.29, 1.82) is 0 Å². The van der Waals surface area contributed by atoms with E-state index in [1.807, 2.05) is 48.2 Å². The zero-order valence-corrected chi connectivity index (χ0v) is 12.8. The molecule has 1 aliphatic rings. The van der Waals surface area contributed by atoms with Gasteiger partial charge in [0.25, 0.3) is 5.91 Å². The second-order valence-corrected chi connectivity index (χ2v) is 6.89. The van der Waals surface area contributed by atoms with Crippen LogP contribution in [0.2, 0.25) is 0 Å². The summed E-state index contributed by atoms with van der Waals surface area (Å²) in [4.78, 5) is 12.4. The summed E-state index contributed by atoms with van der Waals surface area (Å²) >= 11 is 1.96. The summed E-state index contributed by atoms with van der Waals surface area (Å²) in [7, 11) is 0. The van der Waals surface area contributed by atoms with Crippen molar-refractivity contribution in [3.8, 4) is 0 Å². The molecule has 1 aliphatic heterocycles. The minimum absolute atomic E-state index is 0.0653. The fourth-order valence-corrected chi connectivity index (χ4v) is 3.96. The summed E-state index contributed by atoms with van der Waals surface area (Å²) in [5, 5.41) is 5.69. The van der Waals surface area contributed by atoms with E-state index in [1.54, 1.807) is 0 Å². The van der Waals surface area contributed by atoms with E-state index in [-0.39, 0.29) is 5.91 Å². The standard InChI is InChI=1S/C17H20N2OS/c18-16-10-13-6-2-1-5-12(13)9-15(16)17(20)19-11-14-7-3-4-8-21-14/h1-2,5-6,9-10,14H,3-4,7-8,11,18H2,(H,19,20). The van der Waals surface area contributed by atoms with Crippen LogP contribution in [0.3, 0.4) is 0 Å². The van der Waals surface area contributed by atoms with Crippen molar-refractivity contribution in [2.45, 2.75) is 24.5 Å². The summed E-state index contributed by atoms with van der Waals surface area (Å²) < 4.78 is 0. The first kappa shape index (κ1) is 14.3. The minimum Gasteiger partial charge on any atom is -0.398 e. The monoisotopic (exact) mass is 300 g/mol. The van der Waals surface area contributed by atoms with Gasteiger partial charge < -0.3 is 11.1 Å². The Morgan fingerprint density at radius 2 is 2.00 bits per heavy atom. The molecule has 0 radical (unpaired) electrons. The van der Waals surface area contributed by atoms with E-state index >= 15 is 0 Å². The van der Waals surface area contributed by atoms with E-state index in [0.717, 1.165) is 17.3 Å². The first-order valence-corrected chi connectivity index (χ1v) is 8.47. The largest absolute Gasteiger partial charge is 0.398 e. The molecule has 1 fully saturated rings. The van der Waals surface area contributed by atoms with Gasteiger partial charge in [-0.3, -0.25) is 4.79 Å². The fourth-order valence-electron chi connectivity index (χ4n) is 2.72. The highest BCUT2D eigenvalue weighted by Crippen LogP contribution is 2.25. The van der Waals surface area contributed by atoms with Crippen LogP contribution in [0.15, 0.2) is 36.4 Å². The van der Waals surface area contributed by atoms with Gasteiger partial charge in [0.2, 0.25) is 0 Å². The molecule has 0 spiro atoms. The van der Waals surface area contributed by atoms with E-state index in [0.29, 0.717) is 16.5 Å². The van der Waals surface area contributed by atoms with Gasteiger partial charge in [-0.25, -0.2) is 0 Å². The summed E-state index contributed by atoms with van der Waals surface area (Å²) in [6.45, 7) is 0.732. The maximum absolute atomic E-state index is 12.4. The molecular formula is C17H20N2OS. The van der Waals surface area contributed by atoms with E-state index < -0.39 is 0 Å². The third-order valence-electron chi connectivity index (χ3n) is 3.93. The lowest BCUT2D eigenvalue weighted by atomic mass is 10.0. The average molecular weight is 300 g/mol. The first-order valence-electron chi connectivity index (χ1n) is 7.42. The molecule has 0 aromatic heterocycles. The number of amides is 1. The second-order valence-electron chi connectivity index (χ2n) is 5.49. The molecule has 4 heteroatoms. The number of hydrogen-bond acceptors (Lipinski definition) is 3. The number of carbonyl (C=O) groups excluding carboxylic acids is 1. The van der Waals surface area contributed by atoms with Crippen molar-refractivity contribution in [2.24, 2.45) is 0 Å². The zero-order chi connectivity index (χ0) is 14.7. The van der Waals surface area contributed by atoms with E-state index in [4.69, 9.17) is 5.73 Å². The van der Waals surface area contributed by atoms with Gasteiger partial charge in [-0.2, -0.15) is 11.8 Å². The molecule has 0 saturated carbocycles. The Kier molecular flexibility index (Phi) is 4.34. The van der Waals surface area contributed by atoms with Crippen LogP contribution in [0, 0.1) is 0 Å². The van der Waals surface area contributed by atoms with Crippen molar-refractivity contribution in [3.63, 3.8) is 0 Å². The third kappa shape index (κ3) is 3.32. The lowest BCUT2D eigenvalue weighted by Crippen LogP contribution is -2.32. The maximum Gasteiger partial charge on any atom is 0.253 e. The molecular weight excluding hydrogens is 280 g/mol. The lowest BCUT2D eigenvalue weighted by Gasteiger charge is -2.21. The molecule has 0 aliphatic carbocycles. The Labute approximate surface area is 129 Å². The molecule has 2 aromatic rings. The molecule has 1 heterocycles. The Hall–Kier alpha value is -1.68. The van der Waals surface area contributed by atoms with Gasteiger partial charge in [-0.15, -0.1) is 0 Å². The Bertz CT molecular complexity index is 650. The van der Waals surface area contributed by atoms with Crippen molar-refractivity contribution >= 4 is 34.1 Å². The molecule has 1 unspecified atom stereocenters. The molecule has 2 aromatic carbocycles. The maximum atomic E-state index is 12.4. The molecule has 1 amide bonds. The normalized spacial score (nSPS) is 18.6. The second kappa shape index (κ2) is 6.39. The quantitative estimate of drug-likeness (QED) is 0.854. The molecule has 0 bridgehead atoms. The number of carbonyl (C=O) groups is 1. The van der Waals surface area contributed by atoms with Crippen LogP contribution in [0.4, 0.5) is 5.69 Å². The van der Waals surface area contributed by atoms with Crippen LogP contribution in [-0.4, -0.2) is 23.5 Å². The average Bonchev–Trinajstić information content (AvgIpc) is 2.53. The molecule has 21 heavy (non-hydrogen) atoms. The van der Waals surface area contributed by atoms with Gasteiger partial charge in [0.15, 0.2) is 0 Å². The van der Waals surface area contributed by atoms with Gasteiger partial charge in [0.05, 0.1) is 5.56 Å². The first-order chi connectivity index (χ1) is 10.2. The molecule has 1 atom stereocenters. The van der Waals surface area contributed by atoms with E-state index in [2.05, 4.69) is 5.32 Å². The highest BCUT2D eigenvalue weighted by atomic mass is 32.2. The van der Waals surface area contributed by atoms with Crippen LogP contribution in [0.1, 0.15) is 29.6 Å².